The zero-order valence-corrected chi connectivity index (χ0v) is 18.9. The maximum Gasteiger partial charge on any atom is 0.302 e. The molecule has 4 aliphatic rings. The van der Waals surface area contributed by atoms with Gasteiger partial charge in [0.15, 0.2) is 0 Å². The van der Waals surface area contributed by atoms with E-state index in [1.807, 2.05) is 0 Å². The first-order valence-electron chi connectivity index (χ1n) is 11.1. The number of rotatable bonds is 3. The van der Waals surface area contributed by atoms with Gasteiger partial charge in [0.05, 0.1) is 11.2 Å². The highest BCUT2D eigenvalue weighted by Crippen LogP contribution is 2.66. The Kier molecular flexibility index (Phi) is 5.36. The molecule has 8 atom stereocenters. The Morgan fingerprint density at radius 2 is 1.97 bits per heavy atom. The Labute approximate surface area is 179 Å². The predicted octanol–water partition coefficient (Wildman–Crippen LogP) is 5.17. The molecule has 5 heteroatoms. The highest BCUT2D eigenvalue weighted by Gasteiger charge is 2.62. The molecule has 29 heavy (non-hydrogen) atoms. The van der Waals surface area contributed by atoms with E-state index in [9.17, 15) is 9.59 Å². The van der Waals surface area contributed by atoms with Gasteiger partial charge in [-0.3, -0.25) is 9.59 Å². The fourth-order valence-corrected chi connectivity index (χ4v) is 8.04. The maximum atomic E-state index is 12.6. The first-order chi connectivity index (χ1) is 13.7. The molecule has 4 nitrogen and oxygen atoms in total. The average Bonchev–Trinajstić information content (AvgIpc) is 2.94. The summed E-state index contributed by atoms with van der Waals surface area (Å²) in [4.78, 5) is 28.5. The maximum absolute atomic E-state index is 12.6. The van der Waals surface area contributed by atoms with E-state index >= 15 is 0 Å². The largest absolute Gasteiger partial charge is 0.462 e. The minimum Gasteiger partial charge on any atom is -0.462 e. The normalized spacial score (nSPS) is 45.7. The molecule has 0 heterocycles. The van der Waals surface area contributed by atoms with E-state index in [1.165, 1.54) is 18.9 Å². The van der Waals surface area contributed by atoms with Crippen LogP contribution in [0.4, 0.5) is 0 Å². The summed E-state index contributed by atoms with van der Waals surface area (Å²) in [5.41, 5.74) is 1.71. The van der Waals surface area contributed by atoms with Gasteiger partial charge < -0.3 is 4.74 Å². The van der Waals surface area contributed by atoms with Crippen molar-refractivity contribution < 1.29 is 14.3 Å². The third kappa shape index (κ3) is 3.25. The van der Waals surface area contributed by atoms with Crippen molar-refractivity contribution >= 4 is 29.1 Å². The van der Waals surface area contributed by atoms with Gasteiger partial charge in [-0.25, -0.2) is 4.99 Å². The number of aliphatic imine (C=N–C) groups is 1. The zero-order chi connectivity index (χ0) is 21.0. The van der Waals surface area contributed by atoms with E-state index in [2.05, 4.69) is 30.1 Å². The molecule has 3 fully saturated rings. The van der Waals surface area contributed by atoms with E-state index < -0.39 is 0 Å². The van der Waals surface area contributed by atoms with Gasteiger partial charge in [0.2, 0.25) is 0 Å². The van der Waals surface area contributed by atoms with Crippen LogP contribution in [0.3, 0.4) is 0 Å². The van der Waals surface area contributed by atoms with Gasteiger partial charge in [0.25, 0.3) is 0 Å². The number of allylic oxidation sites excluding steroid dienone is 1. The van der Waals surface area contributed by atoms with Crippen molar-refractivity contribution in [3.8, 4) is 0 Å². The SMILES string of the molecule is CC(=O)OC1CC[C@@]2(C)C(=CC[C@H]3[C@@H]4CC(N=C=S)[C@H](C(C)=O)[C@@]4(C)CC[C@@H]32)C1. The summed E-state index contributed by atoms with van der Waals surface area (Å²) < 4.78 is 5.54. The quantitative estimate of drug-likeness (QED) is 0.276. The fourth-order valence-electron chi connectivity index (χ4n) is 7.91. The Bertz CT molecular complexity index is 800. The van der Waals surface area contributed by atoms with E-state index in [0.29, 0.717) is 17.8 Å². The zero-order valence-electron chi connectivity index (χ0n) is 18.1. The third-order valence-corrected chi connectivity index (χ3v) is 9.18. The first kappa shape index (κ1) is 20.9. The molecule has 0 aliphatic heterocycles. The number of thiocarbonyl (C=S) groups is 1. The Balaban J connectivity index is 1.63. The fraction of sp³-hybridized carbons (Fsp3) is 0.792. The number of ether oxygens (including phenoxy) is 1. The van der Waals surface area contributed by atoms with Crippen LogP contribution in [0.15, 0.2) is 16.6 Å². The van der Waals surface area contributed by atoms with E-state index in [-0.39, 0.29) is 40.6 Å². The number of nitrogens with zero attached hydrogens (tertiary/aromatic N) is 1. The summed E-state index contributed by atoms with van der Waals surface area (Å²) in [5, 5.41) is 2.57. The molecular weight excluding hydrogens is 382 g/mol. The Morgan fingerprint density at radius 1 is 1.21 bits per heavy atom. The van der Waals surface area contributed by atoms with Gasteiger partial charge in [0.1, 0.15) is 11.9 Å². The number of hydrogen-bond acceptors (Lipinski definition) is 5. The highest BCUT2D eigenvalue weighted by molar-refractivity contribution is 7.78. The highest BCUT2D eigenvalue weighted by atomic mass is 32.1. The monoisotopic (exact) mass is 415 g/mol. The topological polar surface area (TPSA) is 55.7 Å². The average molecular weight is 416 g/mol. The lowest BCUT2D eigenvalue weighted by Crippen LogP contribution is -2.51. The summed E-state index contributed by atoms with van der Waals surface area (Å²) >= 11 is 4.91. The van der Waals surface area contributed by atoms with Crippen molar-refractivity contribution in [2.45, 2.75) is 84.8 Å². The molecule has 0 amide bonds. The van der Waals surface area contributed by atoms with Crippen molar-refractivity contribution in [3.05, 3.63) is 11.6 Å². The number of fused-ring (bicyclic) bond motifs is 5. The Hall–Kier alpha value is -1.32. The van der Waals surface area contributed by atoms with Crippen molar-refractivity contribution in [1.82, 2.24) is 0 Å². The van der Waals surface area contributed by atoms with Crippen molar-refractivity contribution in [3.63, 3.8) is 0 Å². The molecule has 0 aromatic rings. The summed E-state index contributed by atoms with van der Waals surface area (Å²) in [5.74, 6) is 1.80. The standard InChI is InChI=1S/C24H33NO3S/c1-14(26)22-21(25-13-29)12-20-18-6-5-16-11-17(28-15(2)27)7-9-23(16,3)19(18)8-10-24(20,22)4/h5,17-22H,6-12H2,1-4H3/t17?,18-,19+,20+,21?,22+,23+,24+/m1/s1. The van der Waals surface area contributed by atoms with Crippen LogP contribution in [0.5, 0.6) is 0 Å². The van der Waals surface area contributed by atoms with Gasteiger partial charge in [0, 0.05) is 19.3 Å². The van der Waals surface area contributed by atoms with Crippen molar-refractivity contribution in [2.75, 3.05) is 0 Å². The number of ketones is 1. The molecule has 3 saturated carbocycles. The van der Waals surface area contributed by atoms with Gasteiger partial charge in [-0.2, -0.15) is 0 Å². The smallest absolute Gasteiger partial charge is 0.302 e. The van der Waals surface area contributed by atoms with E-state index in [1.54, 1.807) is 6.92 Å². The summed E-state index contributed by atoms with van der Waals surface area (Å²) in [6.07, 6.45) is 9.68. The number of hydrogen-bond donors (Lipinski definition) is 0. The van der Waals surface area contributed by atoms with Crippen LogP contribution in [0, 0.1) is 34.5 Å². The first-order valence-corrected chi connectivity index (χ1v) is 11.6. The molecule has 2 unspecified atom stereocenters. The number of esters is 1. The number of isothiocyanates is 1. The minimum absolute atomic E-state index is 0.00312. The second kappa shape index (κ2) is 7.42. The van der Waals surface area contributed by atoms with Crippen LogP contribution in [-0.4, -0.2) is 29.1 Å². The third-order valence-electron chi connectivity index (χ3n) is 9.08. The Morgan fingerprint density at radius 3 is 2.62 bits per heavy atom. The molecule has 158 valence electrons. The minimum atomic E-state index is -0.173. The molecule has 0 spiro atoms. The molecule has 4 rings (SSSR count). The molecule has 0 bridgehead atoms. The van der Waals surface area contributed by atoms with Crippen LogP contribution in [0.25, 0.3) is 0 Å². The second-order valence-electron chi connectivity index (χ2n) is 10.4. The van der Waals surface area contributed by atoms with Crippen LogP contribution in [0.1, 0.15) is 72.6 Å². The predicted molar refractivity (Wildman–Crippen MR) is 116 cm³/mol. The van der Waals surface area contributed by atoms with Crippen LogP contribution < -0.4 is 0 Å². The van der Waals surface area contributed by atoms with Gasteiger partial charge in [-0.05, 0) is 86.3 Å². The molecular formula is C24H33NO3S. The molecule has 0 saturated heterocycles. The van der Waals surface area contributed by atoms with E-state index in [4.69, 9.17) is 17.0 Å². The lowest BCUT2D eigenvalue weighted by Gasteiger charge is -2.57. The van der Waals surface area contributed by atoms with Gasteiger partial charge in [-0.15, -0.1) is 0 Å². The molecule has 0 radical (unpaired) electrons. The lowest BCUT2D eigenvalue weighted by atomic mass is 9.47. The number of carbonyl (C=O) groups is 2. The number of Topliss-reactive ketones (excluding diaryl/α,β-unsaturated/α-hetero) is 1. The summed E-state index contributed by atoms with van der Waals surface area (Å²) in [7, 11) is 0. The molecule has 0 N–H and O–H groups in total. The molecule has 4 aliphatic carbocycles. The van der Waals surface area contributed by atoms with Crippen LogP contribution in [-0.2, 0) is 14.3 Å². The van der Waals surface area contributed by atoms with Crippen LogP contribution >= 0.6 is 12.2 Å². The molecule has 0 aromatic heterocycles. The summed E-state index contributed by atoms with van der Waals surface area (Å²) in [6, 6.07) is -0.00312. The second-order valence-corrected chi connectivity index (χ2v) is 10.6. The van der Waals surface area contributed by atoms with Gasteiger partial charge >= 0.3 is 5.97 Å². The van der Waals surface area contributed by atoms with Crippen molar-refractivity contribution in [2.24, 2.45) is 39.5 Å². The van der Waals surface area contributed by atoms with Crippen molar-refractivity contribution in [1.29, 1.82) is 0 Å². The van der Waals surface area contributed by atoms with Crippen LogP contribution in [0.2, 0.25) is 0 Å². The summed E-state index contributed by atoms with van der Waals surface area (Å²) in [6.45, 7) is 8.00. The lowest BCUT2D eigenvalue weighted by molar-refractivity contribution is -0.149. The van der Waals surface area contributed by atoms with Gasteiger partial charge in [-0.1, -0.05) is 25.5 Å². The molecule has 0 aromatic carbocycles. The number of carbonyl (C=O) groups excluding carboxylic acids is 2. The van der Waals surface area contributed by atoms with E-state index in [0.717, 1.165) is 38.5 Å².